The maximum Gasteiger partial charge on any atom is 0.105 e. The second-order valence-electron chi connectivity index (χ2n) is 2.93. The van der Waals surface area contributed by atoms with E-state index in [-0.39, 0.29) is 6.10 Å². The highest BCUT2D eigenvalue weighted by Gasteiger charge is 2.02. The molecule has 0 saturated heterocycles. The van der Waals surface area contributed by atoms with Crippen LogP contribution in [0.5, 0.6) is 0 Å². The average Bonchev–Trinajstić information content (AvgIpc) is 2.09. The van der Waals surface area contributed by atoms with Gasteiger partial charge in [0.2, 0.25) is 0 Å². The number of aryl methyl sites for hydroxylation is 2. The smallest absolute Gasteiger partial charge is 0.105 e. The molecule has 1 N–H and O–H groups in total. The Hall–Kier alpha value is -0.830. The molecule has 0 fully saturated rings. The van der Waals surface area contributed by atoms with Gasteiger partial charge < -0.3 is 9.67 Å². The third kappa shape index (κ3) is 2.05. The summed E-state index contributed by atoms with van der Waals surface area (Å²) in [5.41, 5.74) is 1.00. The number of nitrogens with zero attached hydrogens (tertiary/aromatic N) is 2. The van der Waals surface area contributed by atoms with Crippen LogP contribution in [0.1, 0.15) is 18.4 Å². The predicted molar refractivity (Wildman–Crippen MR) is 43.4 cm³/mol. The molecule has 0 spiro atoms. The molecule has 3 heteroatoms. The van der Waals surface area contributed by atoms with E-state index in [1.54, 1.807) is 6.92 Å². The van der Waals surface area contributed by atoms with E-state index in [0.717, 1.165) is 11.5 Å². The molecule has 0 saturated carbocycles. The molecule has 62 valence electrons. The van der Waals surface area contributed by atoms with Gasteiger partial charge in [0.15, 0.2) is 0 Å². The monoisotopic (exact) mass is 154 g/mol. The van der Waals surface area contributed by atoms with Gasteiger partial charge in [0, 0.05) is 12.7 Å². The molecule has 0 aliphatic heterocycles. The second-order valence-corrected chi connectivity index (χ2v) is 2.93. The van der Waals surface area contributed by atoms with Crippen LogP contribution in [-0.2, 0) is 6.54 Å². The lowest BCUT2D eigenvalue weighted by molar-refractivity contribution is 0.172. The van der Waals surface area contributed by atoms with Crippen LogP contribution in [0.4, 0.5) is 0 Å². The topological polar surface area (TPSA) is 38.0 Å². The Morgan fingerprint density at radius 3 is 2.64 bits per heavy atom. The van der Waals surface area contributed by atoms with Gasteiger partial charge in [-0.3, -0.25) is 0 Å². The van der Waals surface area contributed by atoms with Crippen LogP contribution in [0.25, 0.3) is 0 Å². The fourth-order valence-corrected chi connectivity index (χ4v) is 1.14. The molecule has 0 amide bonds. The molecule has 0 aromatic carbocycles. The highest BCUT2D eigenvalue weighted by molar-refractivity contribution is 5.00. The van der Waals surface area contributed by atoms with Crippen LogP contribution in [0.15, 0.2) is 6.20 Å². The number of imidazole rings is 1. The Labute approximate surface area is 66.7 Å². The van der Waals surface area contributed by atoms with E-state index in [1.165, 1.54) is 0 Å². The van der Waals surface area contributed by atoms with Crippen molar-refractivity contribution < 1.29 is 5.11 Å². The fraction of sp³-hybridized carbons (Fsp3) is 0.625. The van der Waals surface area contributed by atoms with Gasteiger partial charge in [-0.1, -0.05) is 0 Å². The van der Waals surface area contributed by atoms with Crippen molar-refractivity contribution in [2.24, 2.45) is 0 Å². The summed E-state index contributed by atoms with van der Waals surface area (Å²) in [5, 5.41) is 9.09. The molecule has 11 heavy (non-hydrogen) atoms. The first kappa shape index (κ1) is 8.27. The van der Waals surface area contributed by atoms with Crippen LogP contribution in [0.3, 0.4) is 0 Å². The summed E-state index contributed by atoms with van der Waals surface area (Å²) in [6, 6.07) is 0. The number of aliphatic hydroxyl groups excluding tert-OH is 1. The highest BCUT2D eigenvalue weighted by Crippen LogP contribution is 2.01. The quantitative estimate of drug-likeness (QED) is 0.686. The van der Waals surface area contributed by atoms with Crippen molar-refractivity contribution >= 4 is 0 Å². The number of rotatable bonds is 2. The molecule has 1 aromatic heterocycles. The molecule has 0 radical (unpaired) electrons. The number of hydrogen-bond acceptors (Lipinski definition) is 2. The second kappa shape index (κ2) is 3.05. The zero-order valence-corrected chi connectivity index (χ0v) is 7.20. The lowest BCUT2D eigenvalue weighted by atomic mass is 10.4. The largest absolute Gasteiger partial charge is 0.392 e. The third-order valence-corrected chi connectivity index (χ3v) is 1.56. The summed E-state index contributed by atoms with van der Waals surface area (Å²) in [4.78, 5) is 4.22. The zero-order valence-electron chi connectivity index (χ0n) is 7.20. The SMILES string of the molecule is Cc1cn(CC(C)O)c(C)n1. The van der Waals surface area contributed by atoms with Gasteiger partial charge in [-0.15, -0.1) is 0 Å². The summed E-state index contributed by atoms with van der Waals surface area (Å²) in [6.07, 6.45) is 1.64. The highest BCUT2D eigenvalue weighted by atomic mass is 16.3. The molecule has 1 atom stereocenters. The number of aliphatic hydroxyl groups is 1. The van der Waals surface area contributed by atoms with Crippen LogP contribution >= 0.6 is 0 Å². The standard InChI is InChI=1S/C8H14N2O/c1-6-4-10(5-7(2)11)8(3)9-6/h4,7,11H,5H2,1-3H3. The molecule has 1 rings (SSSR count). The summed E-state index contributed by atoms with van der Waals surface area (Å²) < 4.78 is 1.96. The molecule has 0 bridgehead atoms. The van der Waals surface area contributed by atoms with E-state index in [1.807, 2.05) is 24.6 Å². The van der Waals surface area contributed by atoms with E-state index in [9.17, 15) is 0 Å². The Kier molecular flexibility index (Phi) is 2.29. The maximum absolute atomic E-state index is 9.09. The minimum atomic E-state index is -0.303. The van der Waals surface area contributed by atoms with Crippen molar-refractivity contribution in [3.05, 3.63) is 17.7 Å². The molecular formula is C8H14N2O. The molecular weight excluding hydrogens is 140 g/mol. The summed E-state index contributed by atoms with van der Waals surface area (Å²) >= 11 is 0. The van der Waals surface area contributed by atoms with E-state index < -0.39 is 0 Å². The van der Waals surface area contributed by atoms with Gasteiger partial charge in [0.25, 0.3) is 0 Å². The van der Waals surface area contributed by atoms with Crippen molar-refractivity contribution in [2.45, 2.75) is 33.4 Å². The zero-order chi connectivity index (χ0) is 8.43. The number of hydrogen-bond donors (Lipinski definition) is 1. The van der Waals surface area contributed by atoms with Crippen LogP contribution < -0.4 is 0 Å². The summed E-state index contributed by atoms with van der Waals surface area (Å²) in [6.45, 7) is 6.29. The van der Waals surface area contributed by atoms with Crippen molar-refractivity contribution in [1.29, 1.82) is 0 Å². The van der Waals surface area contributed by atoms with E-state index in [4.69, 9.17) is 5.11 Å². The first-order chi connectivity index (χ1) is 5.09. The van der Waals surface area contributed by atoms with Crippen molar-refractivity contribution in [3.8, 4) is 0 Å². The summed E-state index contributed by atoms with van der Waals surface area (Å²) in [5.74, 6) is 0.961. The Morgan fingerprint density at radius 1 is 1.64 bits per heavy atom. The van der Waals surface area contributed by atoms with E-state index in [0.29, 0.717) is 6.54 Å². The van der Waals surface area contributed by atoms with Gasteiger partial charge in [0.05, 0.1) is 11.8 Å². The van der Waals surface area contributed by atoms with Gasteiger partial charge in [-0.05, 0) is 20.8 Å². The van der Waals surface area contributed by atoms with Crippen molar-refractivity contribution in [2.75, 3.05) is 0 Å². The lowest BCUT2D eigenvalue weighted by Gasteiger charge is -2.05. The van der Waals surface area contributed by atoms with E-state index in [2.05, 4.69) is 4.98 Å². The van der Waals surface area contributed by atoms with E-state index >= 15 is 0 Å². The third-order valence-electron chi connectivity index (χ3n) is 1.56. The first-order valence-corrected chi connectivity index (χ1v) is 3.78. The van der Waals surface area contributed by atoms with Gasteiger partial charge in [-0.2, -0.15) is 0 Å². The molecule has 1 unspecified atom stereocenters. The van der Waals surface area contributed by atoms with Gasteiger partial charge in [0.1, 0.15) is 5.82 Å². The molecule has 1 heterocycles. The molecule has 1 aromatic rings. The predicted octanol–water partition coefficient (Wildman–Crippen LogP) is 0.881. The maximum atomic E-state index is 9.09. The fourth-order valence-electron chi connectivity index (χ4n) is 1.14. The molecule has 3 nitrogen and oxygen atoms in total. The average molecular weight is 154 g/mol. The Bertz CT molecular complexity index is 240. The molecule has 0 aliphatic carbocycles. The van der Waals surface area contributed by atoms with Gasteiger partial charge in [-0.25, -0.2) is 4.98 Å². The van der Waals surface area contributed by atoms with Crippen LogP contribution in [-0.4, -0.2) is 20.8 Å². The minimum absolute atomic E-state index is 0.303. The number of aromatic nitrogens is 2. The summed E-state index contributed by atoms with van der Waals surface area (Å²) in [7, 11) is 0. The van der Waals surface area contributed by atoms with Gasteiger partial charge >= 0.3 is 0 Å². The lowest BCUT2D eigenvalue weighted by Crippen LogP contribution is -2.11. The Morgan fingerprint density at radius 2 is 2.27 bits per heavy atom. The molecule has 0 aliphatic rings. The van der Waals surface area contributed by atoms with Crippen LogP contribution in [0.2, 0.25) is 0 Å². The van der Waals surface area contributed by atoms with Crippen molar-refractivity contribution in [1.82, 2.24) is 9.55 Å². The Balaban J connectivity index is 2.77. The van der Waals surface area contributed by atoms with Crippen molar-refractivity contribution in [3.63, 3.8) is 0 Å². The normalized spacial score (nSPS) is 13.5. The first-order valence-electron chi connectivity index (χ1n) is 3.78. The minimum Gasteiger partial charge on any atom is -0.392 e. The van der Waals surface area contributed by atoms with Crippen LogP contribution in [0, 0.1) is 13.8 Å².